The number of benzene rings is 2. The lowest BCUT2D eigenvalue weighted by Gasteiger charge is -2.30. The van der Waals surface area contributed by atoms with Crippen LogP contribution in [0.25, 0.3) is 0 Å². The average molecular weight is 491 g/mol. The second-order valence-corrected chi connectivity index (χ2v) is 9.15. The largest absolute Gasteiger partial charge is 0.376 e. The van der Waals surface area contributed by atoms with Crippen LogP contribution in [0.1, 0.15) is 42.5 Å². The molecule has 3 N–H and O–H groups in total. The van der Waals surface area contributed by atoms with E-state index in [2.05, 4.69) is 20.9 Å². The number of amides is 3. The minimum Gasteiger partial charge on any atom is -0.376 e. The van der Waals surface area contributed by atoms with E-state index >= 15 is 0 Å². The molecule has 2 heterocycles. The van der Waals surface area contributed by atoms with Gasteiger partial charge in [-0.15, -0.1) is 0 Å². The molecule has 3 amide bonds. The Morgan fingerprint density at radius 2 is 1.67 bits per heavy atom. The fourth-order valence-corrected chi connectivity index (χ4v) is 4.48. The minimum absolute atomic E-state index is 0.0608. The second kappa shape index (κ2) is 11.1. The fraction of sp³-hybridized carbons (Fsp3) is 0.417. The third-order valence-electron chi connectivity index (χ3n) is 5.89. The average Bonchev–Trinajstić information content (AvgIpc) is 3.34. The predicted octanol–water partition coefficient (Wildman–Crippen LogP) is 5.54. The van der Waals surface area contributed by atoms with Crippen LogP contribution in [0.15, 0.2) is 36.4 Å². The lowest BCUT2D eigenvalue weighted by atomic mass is 10.1. The minimum atomic E-state index is -0.440. The number of hydrogen-bond donors (Lipinski definition) is 3. The molecule has 176 valence electrons. The molecule has 9 heteroatoms. The molecule has 0 aromatic heterocycles. The molecule has 0 spiro atoms. The molecule has 4 rings (SSSR count). The highest BCUT2D eigenvalue weighted by Crippen LogP contribution is 2.28. The van der Waals surface area contributed by atoms with Gasteiger partial charge in [0, 0.05) is 43.3 Å². The maximum absolute atomic E-state index is 13.1. The summed E-state index contributed by atoms with van der Waals surface area (Å²) in [7, 11) is 0. The van der Waals surface area contributed by atoms with E-state index in [-0.39, 0.29) is 12.0 Å². The SMILES string of the molecule is O=C(Nc1ccc(Cl)c(Cl)c1)Nc1ccc(N2CCCCC2)c(C(=O)NC[C@H]2CCCO2)c1. The Kier molecular flexibility index (Phi) is 7.96. The third-order valence-corrected chi connectivity index (χ3v) is 6.63. The number of ether oxygens (including phenoxy) is 1. The van der Waals surface area contributed by atoms with Crippen molar-refractivity contribution in [1.82, 2.24) is 5.32 Å². The number of hydrogen-bond acceptors (Lipinski definition) is 4. The summed E-state index contributed by atoms with van der Waals surface area (Å²) in [5.74, 6) is -0.167. The number of carbonyl (C=O) groups is 2. The van der Waals surface area contributed by atoms with Crippen LogP contribution < -0.4 is 20.9 Å². The molecule has 0 saturated carbocycles. The van der Waals surface area contributed by atoms with Crippen LogP contribution >= 0.6 is 23.2 Å². The van der Waals surface area contributed by atoms with Crippen molar-refractivity contribution in [2.75, 3.05) is 41.8 Å². The number of halogens is 2. The molecule has 2 fully saturated rings. The molecule has 33 heavy (non-hydrogen) atoms. The first-order valence-electron chi connectivity index (χ1n) is 11.3. The van der Waals surface area contributed by atoms with E-state index in [1.54, 1.807) is 24.3 Å². The molecule has 0 unspecified atom stereocenters. The van der Waals surface area contributed by atoms with E-state index in [1.807, 2.05) is 12.1 Å². The van der Waals surface area contributed by atoms with Crippen LogP contribution in [0.5, 0.6) is 0 Å². The highest BCUT2D eigenvalue weighted by Gasteiger charge is 2.22. The summed E-state index contributed by atoms with van der Waals surface area (Å²) < 4.78 is 5.63. The number of nitrogens with zero attached hydrogens (tertiary/aromatic N) is 1. The van der Waals surface area contributed by atoms with E-state index in [0.717, 1.165) is 51.1 Å². The Morgan fingerprint density at radius 3 is 2.36 bits per heavy atom. The van der Waals surface area contributed by atoms with E-state index < -0.39 is 6.03 Å². The van der Waals surface area contributed by atoms with Gasteiger partial charge in [0.15, 0.2) is 0 Å². The Balaban J connectivity index is 1.48. The van der Waals surface area contributed by atoms with Gasteiger partial charge in [0.25, 0.3) is 5.91 Å². The van der Waals surface area contributed by atoms with Gasteiger partial charge in [-0.05, 0) is 68.5 Å². The summed E-state index contributed by atoms with van der Waals surface area (Å²) in [5, 5.41) is 9.29. The first-order chi connectivity index (χ1) is 16.0. The Bertz CT molecular complexity index is 1010. The fourth-order valence-electron chi connectivity index (χ4n) is 4.18. The molecular weight excluding hydrogens is 463 g/mol. The summed E-state index contributed by atoms with van der Waals surface area (Å²) in [6, 6.07) is 9.86. The number of urea groups is 1. The highest BCUT2D eigenvalue weighted by molar-refractivity contribution is 6.42. The molecular formula is C24H28Cl2N4O3. The molecule has 2 aromatic rings. The van der Waals surface area contributed by atoms with Gasteiger partial charge in [-0.25, -0.2) is 4.79 Å². The molecule has 2 aliphatic rings. The van der Waals surface area contributed by atoms with E-state index in [0.29, 0.717) is 33.5 Å². The number of nitrogens with one attached hydrogen (secondary N) is 3. The first-order valence-corrected chi connectivity index (χ1v) is 12.1. The Morgan fingerprint density at radius 1 is 0.939 bits per heavy atom. The molecule has 0 bridgehead atoms. The summed E-state index contributed by atoms with van der Waals surface area (Å²) in [6.07, 6.45) is 5.44. The summed E-state index contributed by atoms with van der Waals surface area (Å²) in [6.45, 7) is 3.05. The van der Waals surface area contributed by atoms with Crippen LogP contribution in [0.4, 0.5) is 21.9 Å². The Labute approximate surface area is 203 Å². The summed E-state index contributed by atoms with van der Waals surface area (Å²) >= 11 is 11.9. The van der Waals surface area contributed by atoms with Gasteiger partial charge >= 0.3 is 6.03 Å². The standard InChI is InChI=1S/C24H28Cl2N4O3/c25-20-8-6-17(14-21(20)26)29-24(32)28-16-7-9-22(30-10-2-1-3-11-30)19(13-16)23(31)27-15-18-5-4-12-33-18/h6-9,13-14,18H,1-5,10-12,15H2,(H,27,31)(H2,28,29,32)/t18-/m1/s1. The molecule has 2 saturated heterocycles. The lowest BCUT2D eigenvalue weighted by Crippen LogP contribution is -2.35. The number of carbonyl (C=O) groups excluding carboxylic acids is 2. The van der Waals surface area contributed by atoms with Crippen LogP contribution in [-0.4, -0.2) is 44.3 Å². The van der Waals surface area contributed by atoms with Gasteiger partial charge in [-0.2, -0.15) is 0 Å². The van der Waals surface area contributed by atoms with Crippen molar-refractivity contribution in [1.29, 1.82) is 0 Å². The van der Waals surface area contributed by atoms with Gasteiger partial charge < -0.3 is 25.6 Å². The quantitative estimate of drug-likeness (QED) is 0.496. The van der Waals surface area contributed by atoms with Crippen molar-refractivity contribution in [2.45, 2.75) is 38.2 Å². The van der Waals surface area contributed by atoms with Crippen molar-refractivity contribution in [2.24, 2.45) is 0 Å². The zero-order valence-electron chi connectivity index (χ0n) is 18.3. The molecule has 1 atom stereocenters. The van der Waals surface area contributed by atoms with E-state index in [9.17, 15) is 9.59 Å². The second-order valence-electron chi connectivity index (χ2n) is 8.33. The van der Waals surface area contributed by atoms with Crippen LogP contribution in [0, 0.1) is 0 Å². The summed E-state index contributed by atoms with van der Waals surface area (Å²) in [5.41, 5.74) is 2.47. The molecule has 7 nitrogen and oxygen atoms in total. The third kappa shape index (κ3) is 6.31. The number of rotatable bonds is 6. The topological polar surface area (TPSA) is 82.7 Å². The molecule has 0 radical (unpaired) electrons. The van der Waals surface area contributed by atoms with Crippen LogP contribution in [-0.2, 0) is 4.74 Å². The maximum Gasteiger partial charge on any atom is 0.323 e. The van der Waals surface area contributed by atoms with Gasteiger partial charge in [-0.3, -0.25) is 4.79 Å². The first kappa shape index (κ1) is 23.7. The van der Waals surface area contributed by atoms with Gasteiger partial charge in [0.1, 0.15) is 0 Å². The summed E-state index contributed by atoms with van der Waals surface area (Å²) in [4.78, 5) is 27.9. The van der Waals surface area contributed by atoms with Gasteiger partial charge in [-0.1, -0.05) is 23.2 Å². The zero-order valence-corrected chi connectivity index (χ0v) is 19.8. The van der Waals surface area contributed by atoms with Crippen molar-refractivity contribution in [3.05, 3.63) is 52.0 Å². The van der Waals surface area contributed by atoms with Crippen molar-refractivity contribution >= 4 is 52.2 Å². The van der Waals surface area contributed by atoms with Gasteiger partial charge in [0.05, 0.1) is 21.7 Å². The lowest BCUT2D eigenvalue weighted by molar-refractivity contribution is 0.0858. The maximum atomic E-state index is 13.1. The van der Waals surface area contributed by atoms with Crippen molar-refractivity contribution < 1.29 is 14.3 Å². The Hall–Kier alpha value is -2.48. The number of anilines is 3. The van der Waals surface area contributed by atoms with E-state index in [1.165, 1.54) is 6.42 Å². The van der Waals surface area contributed by atoms with Gasteiger partial charge in [0.2, 0.25) is 0 Å². The zero-order chi connectivity index (χ0) is 23.2. The van der Waals surface area contributed by atoms with Crippen LogP contribution in [0.3, 0.4) is 0 Å². The molecule has 2 aliphatic heterocycles. The molecule has 2 aromatic carbocycles. The highest BCUT2D eigenvalue weighted by atomic mass is 35.5. The predicted molar refractivity (Wildman–Crippen MR) is 133 cm³/mol. The van der Waals surface area contributed by atoms with Crippen molar-refractivity contribution in [3.63, 3.8) is 0 Å². The normalized spacial score (nSPS) is 18.1. The van der Waals surface area contributed by atoms with Crippen LogP contribution in [0.2, 0.25) is 10.0 Å². The smallest absolute Gasteiger partial charge is 0.323 e. The van der Waals surface area contributed by atoms with Crippen molar-refractivity contribution in [3.8, 4) is 0 Å². The molecule has 0 aliphatic carbocycles. The van der Waals surface area contributed by atoms with E-state index in [4.69, 9.17) is 27.9 Å². The monoisotopic (exact) mass is 490 g/mol. The number of piperidine rings is 1.